The summed E-state index contributed by atoms with van der Waals surface area (Å²) in [7, 11) is 0. The van der Waals surface area contributed by atoms with Crippen LogP contribution in [-0.2, 0) is 6.42 Å². The van der Waals surface area contributed by atoms with Gasteiger partial charge in [0, 0.05) is 38.2 Å². The van der Waals surface area contributed by atoms with Crippen LogP contribution in [0.2, 0.25) is 0 Å². The fourth-order valence-corrected chi connectivity index (χ4v) is 2.26. The van der Waals surface area contributed by atoms with Crippen LogP contribution in [0.15, 0.2) is 58.1 Å². The Morgan fingerprint density at radius 1 is 1.04 bits per heavy atom. The van der Waals surface area contributed by atoms with Crippen LogP contribution in [0, 0.1) is 0 Å². The molecule has 6 nitrogen and oxygen atoms in total. The molecule has 1 heterocycles. The molecule has 1 aromatic heterocycles. The lowest BCUT2D eigenvalue weighted by molar-refractivity contribution is 0.0953. The third-order valence-corrected chi connectivity index (χ3v) is 3.51. The van der Waals surface area contributed by atoms with Crippen LogP contribution in [0.3, 0.4) is 0 Å². The molecule has 1 amide bonds. The lowest BCUT2D eigenvalue weighted by Gasteiger charge is -2.10. The highest BCUT2D eigenvalue weighted by molar-refractivity contribution is 14.0. The Morgan fingerprint density at radius 2 is 1.85 bits per heavy atom. The largest absolute Gasteiger partial charge is 0.469 e. The van der Waals surface area contributed by atoms with Gasteiger partial charge in [0.1, 0.15) is 5.76 Å². The molecule has 2 aromatic rings. The predicted octanol–water partition coefficient (Wildman–Crippen LogP) is 2.82. The average Bonchev–Trinajstić information content (AvgIpc) is 3.15. The monoisotopic (exact) mass is 470 g/mol. The average molecular weight is 470 g/mol. The Morgan fingerprint density at radius 3 is 2.54 bits per heavy atom. The van der Waals surface area contributed by atoms with Crippen LogP contribution < -0.4 is 16.0 Å². The first-order chi connectivity index (χ1) is 12.3. The minimum atomic E-state index is -0.0481. The van der Waals surface area contributed by atoms with E-state index < -0.39 is 0 Å². The van der Waals surface area contributed by atoms with E-state index in [9.17, 15) is 4.79 Å². The summed E-state index contributed by atoms with van der Waals surface area (Å²) in [4.78, 5) is 16.4. The SMILES string of the molecule is CCNC(=NCCCNC(=O)c1ccccc1)NCCc1ccco1.I. The first kappa shape index (κ1) is 22.0. The molecule has 2 rings (SSSR count). The van der Waals surface area contributed by atoms with E-state index in [0.717, 1.165) is 37.7 Å². The van der Waals surface area contributed by atoms with Crippen LogP contribution in [-0.4, -0.2) is 38.0 Å². The van der Waals surface area contributed by atoms with Crippen molar-refractivity contribution in [2.45, 2.75) is 19.8 Å². The number of halogens is 1. The minimum absolute atomic E-state index is 0. The number of hydrogen-bond acceptors (Lipinski definition) is 3. The molecule has 0 unspecified atom stereocenters. The number of nitrogens with zero attached hydrogens (tertiary/aromatic N) is 1. The van der Waals surface area contributed by atoms with Gasteiger partial charge in [-0.2, -0.15) is 0 Å². The third kappa shape index (κ3) is 8.37. The molecule has 0 radical (unpaired) electrons. The molecule has 26 heavy (non-hydrogen) atoms. The molecule has 0 aliphatic heterocycles. The Balaban J connectivity index is 0.00000338. The number of furan rings is 1. The summed E-state index contributed by atoms with van der Waals surface area (Å²) < 4.78 is 5.31. The van der Waals surface area contributed by atoms with Gasteiger partial charge >= 0.3 is 0 Å². The van der Waals surface area contributed by atoms with Gasteiger partial charge in [0.2, 0.25) is 0 Å². The highest BCUT2D eigenvalue weighted by Gasteiger charge is 2.03. The maximum absolute atomic E-state index is 11.9. The molecule has 7 heteroatoms. The van der Waals surface area contributed by atoms with E-state index in [0.29, 0.717) is 18.7 Å². The van der Waals surface area contributed by atoms with E-state index in [1.54, 1.807) is 18.4 Å². The smallest absolute Gasteiger partial charge is 0.251 e. The highest BCUT2D eigenvalue weighted by atomic mass is 127. The summed E-state index contributed by atoms with van der Waals surface area (Å²) in [5, 5.41) is 9.39. The van der Waals surface area contributed by atoms with Gasteiger partial charge in [-0.15, -0.1) is 24.0 Å². The van der Waals surface area contributed by atoms with E-state index in [1.807, 2.05) is 37.3 Å². The topological polar surface area (TPSA) is 78.7 Å². The first-order valence-electron chi connectivity index (χ1n) is 8.67. The zero-order valence-electron chi connectivity index (χ0n) is 15.0. The Hall–Kier alpha value is -2.03. The number of carbonyl (C=O) groups excluding carboxylic acids is 1. The Labute approximate surface area is 171 Å². The summed E-state index contributed by atoms with van der Waals surface area (Å²) in [6, 6.07) is 13.1. The summed E-state index contributed by atoms with van der Waals surface area (Å²) in [6.45, 7) is 4.83. The second-order valence-electron chi connectivity index (χ2n) is 5.49. The Kier molecular flexibility index (Phi) is 11.2. The van der Waals surface area contributed by atoms with Crippen molar-refractivity contribution in [3.63, 3.8) is 0 Å². The summed E-state index contributed by atoms with van der Waals surface area (Å²) in [5.41, 5.74) is 0.680. The molecule has 3 N–H and O–H groups in total. The summed E-state index contributed by atoms with van der Waals surface area (Å²) in [6.07, 6.45) is 3.27. The molecule has 0 atom stereocenters. The number of aliphatic imine (C=N–C) groups is 1. The molecule has 1 aromatic carbocycles. The van der Waals surface area contributed by atoms with E-state index in [1.165, 1.54) is 0 Å². The zero-order chi connectivity index (χ0) is 17.7. The lowest BCUT2D eigenvalue weighted by Crippen LogP contribution is -2.38. The molecule has 0 saturated carbocycles. The predicted molar refractivity (Wildman–Crippen MR) is 115 cm³/mol. The number of amides is 1. The van der Waals surface area contributed by atoms with Gasteiger partial charge in [-0.25, -0.2) is 0 Å². The zero-order valence-corrected chi connectivity index (χ0v) is 17.4. The summed E-state index contributed by atoms with van der Waals surface area (Å²) >= 11 is 0. The molecule has 0 aliphatic carbocycles. The van der Waals surface area contributed by atoms with Gasteiger partial charge in [-0.3, -0.25) is 9.79 Å². The van der Waals surface area contributed by atoms with Crippen molar-refractivity contribution < 1.29 is 9.21 Å². The summed E-state index contributed by atoms with van der Waals surface area (Å²) in [5.74, 6) is 1.68. The van der Waals surface area contributed by atoms with Crippen LogP contribution >= 0.6 is 24.0 Å². The number of benzene rings is 1. The van der Waals surface area contributed by atoms with Crippen molar-refractivity contribution in [2.24, 2.45) is 4.99 Å². The van der Waals surface area contributed by atoms with Crippen LogP contribution in [0.25, 0.3) is 0 Å². The van der Waals surface area contributed by atoms with E-state index in [-0.39, 0.29) is 29.9 Å². The molecule has 0 fully saturated rings. The number of carbonyl (C=O) groups is 1. The molecule has 142 valence electrons. The van der Waals surface area contributed by atoms with Crippen LogP contribution in [0.4, 0.5) is 0 Å². The van der Waals surface area contributed by atoms with Gasteiger partial charge in [0.15, 0.2) is 5.96 Å². The van der Waals surface area contributed by atoms with Crippen LogP contribution in [0.1, 0.15) is 29.5 Å². The molecular formula is C19H27IN4O2. The second-order valence-corrected chi connectivity index (χ2v) is 5.49. The van der Waals surface area contributed by atoms with Crippen molar-refractivity contribution in [1.82, 2.24) is 16.0 Å². The van der Waals surface area contributed by atoms with Crippen molar-refractivity contribution in [1.29, 1.82) is 0 Å². The fraction of sp³-hybridized carbons (Fsp3) is 0.368. The number of nitrogens with one attached hydrogen (secondary N) is 3. The molecule has 0 saturated heterocycles. The van der Waals surface area contributed by atoms with Gasteiger partial charge in [0.25, 0.3) is 5.91 Å². The lowest BCUT2D eigenvalue weighted by atomic mass is 10.2. The molecule has 0 aliphatic rings. The highest BCUT2D eigenvalue weighted by Crippen LogP contribution is 1.99. The molecule has 0 spiro atoms. The van der Waals surface area contributed by atoms with Gasteiger partial charge in [-0.1, -0.05) is 18.2 Å². The Bertz CT molecular complexity index is 645. The van der Waals surface area contributed by atoms with Gasteiger partial charge < -0.3 is 20.4 Å². The van der Waals surface area contributed by atoms with E-state index in [4.69, 9.17) is 4.42 Å². The van der Waals surface area contributed by atoms with Gasteiger partial charge in [-0.05, 0) is 37.6 Å². The van der Waals surface area contributed by atoms with Crippen molar-refractivity contribution in [3.05, 3.63) is 60.1 Å². The minimum Gasteiger partial charge on any atom is -0.469 e. The normalized spacial score (nSPS) is 10.7. The van der Waals surface area contributed by atoms with E-state index in [2.05, 4.69) is 20.9 Å². The third-order valence-electron chi connectivity index (χ3n) is 3.51. The molecular weight excluding hydrogens is 443 g/mol. The second kappa shape index (κ2) is 13.2. The van der Waals surface area contributed by atoms with Crippen molar-refractivity contribution in [3.8, 4) is 0 Å². The fourth-order valence-electron chi connectivity index (χ4n) is 2.26. The number of hydrogen-bond donors (Lipinski definition) is 3. The molecule has 0 bridgehead atoms. The number of rotatable bonds is 9. The van der Waals surface area contributed by atoms with Crippen LogP contribution in [0.5, 0.6) is 0 Å². The maximum Gasteiger partial charge on any atom is 0.251 e. The van der Waals surface area contributed by atoms with Crippen molar-refractivity contribution >= 4 is 35.8 Å². The maximum atomic E-state index is 11.9. The first-order valence-corrected chi connectivity index (χ1v) is 8.67. The van der Waals surface area contributed by atoms with E-state index >= 15 is 0 Å². The van der Waals surface area contributed by atoms with Crippen molar-refractivity contribution in [2.75, 3.05) is 26.2 Å². The number of guanidine groups is 1. The van der Waals surface area contributed by atoms with Gasteiger partial charge in [0.05, 0.1) is 6.26 Å². The standard InChI is InChI=1S/C19H26N4O2.HI/c1-2-20-19(23-14-11-17-10-6-15-25-17)22-13-7-12-21-18(24)16-8-4-3-5-9-16;/h3-6,8-10,15H,2,7,11-14H2,1H3,(H,21,24)(H2,20,22,23);1H. The quantitative estimate of drug-likeness (QED) is 0.228.